The van der Waals surface area contributed by atoms with Crippen LogP contribution in [0.2, 0.25) is 0 Å². The summed E-state index contributed by atoms with van der Waals surface area (Å²) in [6.45, 7) is 4.89. The van der Waals surface area contributed by atoms with Gasteiger partial charge in [0.2, 0.25) is 0 Å². The smallest absolute Gasteiger partial charge is 0.336 e. The normalized spacial score (nSPS) is 10.0. The van der Waals surface area contributed by atoms with Crippen molar-refractivity contribution in [2.45, 2.75) is 19.8 Å². The molecule has 0 spiro atoms. The largest absolute Gasteiger partial charge is 0.478 e. The van der Waals surface area contributed by atoms with Crippen LogP contribution < -0.4 is 0 Å². The van der Waals surface area contributed by atoms with Crippen molar-refractivity contribution in [1.29, 1.82) is 0 Å². The van der Waals surface area contributed by atoms with Crippen LogP contribution in [0, 0.1) is 0 Å². The molecule has 0 aliphatic rings. The lowest BCUT2D eigenvalue weighted by Gasteiger charge is -2.10. The zero-order valence-corrected chi connectivity index (χ0v) is 12.9. The summed E-state index contributed by atoms with van der Waals surface area (Å²) in [5, 5.41) is 27.3. The lowest BCUT2D eigenvalue weighted by molar-refractivity contribution is -0.139. The van der Waals surface area contributed by atoms with Gasteiger partial charge in [-0.25, -0.2) is 19.2 Å². The second-order valence-electron chi connectivity index (χ2n) is 4.99. The van der Waals surface area contributed by atoms with E-state index in [1.54, 1.807) is 0 Å². The highest BCUT2D eigenvalue weighted by Crippen LogP contribution is 2.20. The van der Waals surface area contributed by atoms with Crippen molar-refractivity contribution in [3.05, 3.63) is 46.5 Å². The maximum absolute atomic E-state index is 11.3. The van der Waals surface area contributed by atoms with Crippen LogP contribution in [-0.4, -0.2) is 45.8 Å². The maximum atomic E-state index is 11.3. The van der Waals surface area contributed by atoms with Gasteiger partial charge in [0, 0.05) is 5.57 Å². The summed E-state index contributed by atoms with van der Waals surface area (Å²) in [5.41, 5.74) is -1.03. The molecule has 1 aromatic rings. The van der Waals surface area contributed by atoms with E-state index >= 15 is 0 Å². The fourth-order valence-corrected chi connectivity index (χ4v) is 1.96. The third-order valence-corrected chi connectivity index (χ3v) is 3.11. The van der Waals surface area contributed by atoms with Crippen LogP contribution in [0.25, 0.3) is 0 Å². The molecule has 0 aliphatic heterocycles. The Kier molecular flexibility index (Phi) is 6.22. The Labute approximate surface area is 137 Å². The molecule has 0 unspecified atom stereocenters. The van der Waals surface area contributed by atoms with Gasteiger partial charge in [-0.15, -0.1) is 0 Å². The minimum absolute atomic E-state index is 0.00611. The second-order valence-corrected chi connectivity index (χ2v) is 4.99. The number of ether oxygens (including phenoxy) is 1. The van der Waals surface area contributed by atoms with Crippen LogP contribution in [0.5, 0.6) is 0 Å². The van der Waals surface area contributed by atoms with Gasteiger partial charge >= 0.3 is 23.9 Å². The number of benzene rings is 1. The molecule has 1 aromatic carbocycles. The topological polar surface area (TPSA) is 138 Å². The van der Waals surface area contributed by atoms with Crippen LogP contribution in [0.15, 0.2) is 24.3 Å². The fraction of sp³-hybridized carbons (Fsp3) is 0.250. The monoisotopic (exact) mass is 336 g/mol. The van der Waals surface area contributed by atoms with Crippen LogP contribution >= 0.6 is 0 Å². The van der Waals surface area contributed by atoms with Gasteiger partial charge < -0.3 is 20.1 Å². The highest BCUT2D eigenvalue weighted by Gasteiger charge is 2.22. The number of esters is 1. The molecular weight excluding hydrogens is 320 g/mol. The molecule has 0 atom stereocenters. The Morgan fingerprint density at radius 2 is 1.46 bits per heavy atom. The van der Waals surface area contributed by atoms with Crippen molar-refractivity contribution in [2.24, 2.45) is 0 Å². The van der Waals surface area contributed by atoms with Crippen LogP contribution in [0.3, 0.4) is 0 Å². The van der Waals surface area contributed by atoms with Crippen LogP contribution in [-0.2, 0) is 16.0 Å². The first-order chi connectivity index (χ1) is 11.1. The van der Waals surface area contributed by atoms with Crippen molar-refractivity contribution in [3.63, 3.8) is 0 Å². The second kappa shape index (κ2) is 7.91. The summed E-state index contributed by atoms with van der Waals surface area (Å²) in [6, 6.07) is 1.85. The first-order valence-electron chi connectivity index (χ1n) is 6.84. The number of aromatic carboxylic acids is 3. The first kappa shape index (κ1) is 18.9. The van der Waals surface area contributed by atoms with E-state index in [0.29, 0.717) is 0 Å². The summed E-state index contributed by atoms with van der Waals surface area (Å²) >= 11 is 0. The van der Waals surface area contributed by atoms with E-state index in [9.17, 15) is 24.3 Å². The molecule has 0 saturated carbocycles. The highest BCUT2D eigenvalue weighted by molar-refractivity contribution is 6.04. The van der Waals surface area contributed by atoms with Gasteiger partial charge in [-0.2, -0.15) is 0 Å². The summed E-state index contributed by atoms with van der Waals surface area (Å²) in [4.78, 5) is 44.8. The lowest BCUT2D eigenvalue weighted by Crippen LogP contribution is -2.14. The Morgan fingerprint density at radius 3 is 1.92 bits per heavy atom. The zero-order valence-electron chi connectivity index (χ0n) is 12.9. The van der Waals surface area contributed by atoms with Gasteiger partial charge in [-0.05, 0) is 37.5 Å². The fourth-order valence-electron chi connectivity index (χ4n) is 1.96. The Balaban J connectivity index is 3.04. The highest BCUT2D eigenvalue weighted by atomic mass is 16.5. The average molecular weight is 336 g/mol. The molecule has 0 amide bonds. The van der Waals surface area contributed by atoms with Crippen LogP contribution in [0.4, 0.5) is 0 Å². The minimum atomic E-state index is -1.53. The molecule has 0 aliphatic carbocycles. The average Bonchev–Trinajstić information content (AvgIpc) is 2.49. The SMILES string of the molecule is C=C(C)C(=O)OCCCc1cc(C(=O)O)c(C(=O)O)cc1C(=O)O. The van der Waals surface area contributed by atoms with E-state index in [1.165, 1.54) is 6.92 Å². The van der Waals surface area contributed by atoms with E-state index in [1.807, 2.05) is 0 Å². The summed E-state index contributed by atoms with van der Waals surface area (Å²) in [6.07, 6.45) is 0.343. The van der Waals surface area contributed by atoms with Gasteiger partial charge in [0.15, 0.2) is 0 Å². The Hall–Kier alpha value is -3.16. The van der Waals surface area contributed by atoms with E-state index in [-0.39, 0.29) is 36.1 Å². The Bertz CT molecular complexity index is 717. The molecule has 0 fully saturated rings. The van der Waals surface area contributed by atoms with Crippen molar-refractivity contribution in [2.75, 3.05) is 6.61 Å². The van der Waals surface area contributed by atoms with Gasteiger partial charge in [0.25, 0.3) is 0 Å². The molecular formula is C16H16O8. The number of aryl methyl sites for hydroxylation is 1. The molecule has 1 rings (SSSR count). The first-order valence-corrected chi connectivity index (χ1v) is 6.84. The van der Waals surface area contributed by atoms with Gasteiger partial charge in [-0.1, -0.05) is 6.58 Å². The molecule has 128 valence electrons. The van der Waals surface area contributed by atoms with Crippen molar-refractivity contribution in [3.8, 4) is 0 Å². The van der Waals surface area contributed by atoms with Crippen molar-refractivity contribution >= 4 is 23.9 Å². The summed E-state index contributed by atoms with van der Waals surface area (Å²) in [7, 11) is 0. The number of carboxylic acid groups (broad SMARTS) is 3. The number of hydrogen-bond acceptors (Lipinski definition) is 5. The van der Waals surface area contributed by atoms with E-state index in [4.69, 9.17) is 14.9 Å². The number of rotatable bonds is 8. The third-order valence-electron chi connectivity index (χ3n) is 3.11. The van der Waals surface area contributed by atoms with Crippen molar-refractivity contribution < 1.29 is 39.2 Å². The zero-order chi connectivity index (χ0) is 18.4. The maximum Gasteiger partial charge on any atom is 0.336 e. The Morgan fingerprint density at radius 1 is 0.958 bits per heavy atom. The standard InChI is InChI=1S/C16H16O8/c1-8(2)16(23)24-5-3-4-9-6-11(14(19)20)12(15(21)22)7-10(9)13(17)18/h6-7H,1,3-5H2,2H3,(H,17,18)(H,19,20)(H,21,22). The predicted octanol–water partition coefficient (Wildman–Crippen LogP) is 1.83. The quantitative estimate of drug-likeness (QED) is 0.371. The lowest BCUT2D eigenvalue weighted by atomic mass is 9.95. The molecule has 0 saturated heterocycles. The predicted molar refractivity (Wildman–Crippen MR) is 81.4 cm³/mol. The van der Waals surface area contributed by atoms with E-state index < -0.39 is 35.0 Å². The number of carboxylic acids is 3. The summed E-state index contributed by atoms with van der Waals surface area (Å²) in [5.74, 6) is -4.96. The molecule has 8 nitrogen and oxygen atoms in total. The minimum Gasteiger partial charge on any atom is -0.478 e. The van der Waals surface area contributed by atoms with E-state index in [0.717, 1.165) is 12.1 Å². The number of carbonyl (C=O) groups is 4. The number of carbonyl (C=O) groups excluding carboxylic acids is 1. The molecule has 3 N–H and O–H groups in total. The van der Waals surface area contributed by atoms with E-state index in [2.05, 4.69) is 6.58 Å². The molecule has 0 bridgehead atoms. The molecule has 0 aromatic heterocycles. The molecule has 0 heterocycles. The van der Waals surface area contributed by atoms with Gasteiger partial charge in [0.1, 0.15) is 0 Å². The van der Waals surface area contributed by atoms with Crippen molar-refractivity contribution in [1.82, 2.24) is 0 Å². The van der Waals surface area contributed by atoms with Gasteiger partial charge in [-0.3, -0.25) is 0 Å². The molecule has 0 radical (unpaired) electrons. The molecule has 8 heteroatoms. The third kappa shape index (κ3) is 4.67. The van der Waals surface area contributed by atoms with Gasteiger partial charge in [0.05, 0.1) is 23.3 Å². The molecule has 24 heavy (non-hydrogen) atoms. The van der Waals surface area contributed by atoms with Crippen LogP contribution in [0.1, 0.15) is 50.0 Å². The summed E-state index contributed by atoms with van der Waals surface area (Å²) < 4.78 is 4.87. The number of hydrogen-bond donors (Lipinski definition) is 3.